The molecule has 0 saturated heterocycles. The molecule has 3 nitrogen and oxygen atoms in total. The highest BCUT2D eigenvalue weighted by Gasteiger charge is 2.30. The van der Waals surface area contributed by atoms with Gasteiger partial charge in [-0.25, -0.2) is 0 Å². The van der Waals surface area contributed by atoms with E-state index in [1.54, 1.807) is 0 Å². The van der Waals surface area contributed by atoms with E-state index in [0.717, 1.165) is 24.1 Å². The second kappa shape index (κ2) is 2.66. The van der Waals surface area contributed by atoms with Crippen LogP contribution in [0.25, 0.3) is 0 Å². The monoisotopic (exact) mass is 165 g/mol. The summed E-state index contributed by atoms with van der Waals surface area (Å²) in [6, 6.07) is 0. The largest absolute Gasteiger partial charge is 0.481 e. The highest BCUT2D eigenvalue weighted by Crippen LogP contribution is 2.29. The highest BCUT2D eigenvalue weighted by atomic mass is 16.4. The van der Waals surface area contributed by atoms with E-state index < -0.39 is 5.97 Å². The Balaban J connectivity index is 2.27. The molecule has 2 aliphatic rings. The van der Waals surface area contributed by atoms with Gasteiger partial charge in [-0.15, -0.1) is 0 Å². The number of hydrogen-bond donors (Lipinski definition) is 2. The lowest BCUT2D eigenvalue weighted by Gasteiger charge is -2.10. The minimum atomic E-state index is -0.706. The molecule has 1 heterocycles. The minimum Gasteiger partial charge on any atom is -0.481 e. The van der Waals surface area contributed by atoms with Gasteiger partial charge in [0, 0.05) is 12.2 Å². The van der Waals surface area contributed by atoms with E-state index in [1.165, 1.54) is 0 Å². The first-order valence-electron chi connectivity index (χ1n) is 4.15. The number of carboxylic acids is 1. The van der Waals surface area contributed by atoms with Gasteiger partial charge in [0.2, 0.25) is 0 Å². The molecule has 0 radical (unpaired) electrons. The molecule has 0 amide bonds. The average molecular weight is 165 g/mol. The molecule has 1 atom stereocenters. The van der Waals surface area contributed by atoms with Crippen molar-refractivity contribution in [1.82, 2.24) is 5.32 Å². The zero-order valence-electron chi connectivity index (χ0n) is 6.71. The Morgan fingerprint density at radius 2 is 2.50 bits per heavy atom. The van der Waals surface area contributed by atoms with Gasteiger partial charge >= 0.3 is 5.97 Å². The minimum absolute atomic E-state index is 0.287. The van der Waals surface area contributed by atoms with Gasteiger partial charge in [-0.05, 0) is 24.5 Å². The number of rotatable bonds is 1. The normalized spacial score (nSPS) is 26.8. The molecule has 2 N–H and O–H groups in total. The van der Waals surface area contributed by atoms with Gasteiger partial charge < -0.3 is 10.4 Å². The summed E-state index contributed by atoms with van der Waals surface area (Å²) in [5, 5.41) is 12.0. The van der Waals surface area contributed by atoms with Crippen molar-refractivity contribution in [2.24, 2.45) is 5.92 Å². The average Bonchev–Trinajstić information content (AvgIpc) is 2.47. The standard InChI is InChI=1S/C9H11NO2/c11-9(12)7-5-10-8-4-2-1-3-6(7)8/h2,4,7,10H,1,3,5H2,(H,11,12). The van der Waals surface area contributed by atoms with E-state index in [4.69, 9.17) is 5.11 Å². The van der Waals surface area contributed by atoms with Crippen LogP contribution in [-0.4, -0.2) is 17.6 Å². The lowest BCUT2D eigenvalue weighted by Crippen LogP contribution is -2.20. The van der Waals surface area contributed by atoms with E-state index in [2.05, 4.69) is 11.4 Å². The van der Waals surface area contributed by atoms with E-state index in [-0.39, 0.29) is 5.92 Å². The molecule has 0 aromatic rings. The Morgan fingerprint density at radius 1 is 1.67 bits per heavy atom. The highest BCUT2D eigenvalue weighted by molar-refractivity contribution is 5.75. The maximum Gasteiger partial charge on any atom is 0.312 e. The molecule has 0 saturated carbocycles. The van der Waals surface area contributed by atoms with E-state index in [9.17, 15) is 4.79 Å². The van der Waals surface area contributed by atoms with Crippen molar-refractivity contribution in [3.63, 3.8) is 0 Å². The predicted molar refractivity (Wildman–Crippen MR) is 44.5 cm³/mol. The first kappa shape index (κ1) is 7.40. The molecule has 0 aromatic carbocycles. The van der Waals surface area contributed by atoms with Crippen LogP contribution >= 0.6 is 0 Å². The quantitative estimate of drug-likeness (QED) is 0.606. The van der Waals surface area contributed by atoms with Gasteiger partial charge in [0.25, 0.3) is 0 Å². The van der Waals surface area contributed by atoms with Gasteiger partial charge in [0.1, 0.15) is 0 Å². The number of carboxylic acid groups (broad SMARTS) is 1. The van der Waals surface area contributed by atoms with Crippen LogP contribution in [0.4, 0.5) is 0 Å². The Bertz CT molecular complexity index is 278. The molecule has 0 fully saturated rings. The lowest BCUT2D eigenvalue weighted by molar-refractivity contribution is -0.140. The molecule has 12 heavy (non-hydrogen) atoms. The fourth-order valence-electron chi connectivity index (χ4n) is 1.79. The molecule has 0 bridgehead atoms. The van der Waals surface area contributed by atoms with Crippen LogP contribution in [-0.2, 0) is 4.79 Å². The Kier molecular flexibility index (Phi) is 1.64. The first-order chi connectivity index (χ1) is 5.79. The van der Waals surface area contributed by atoms with Crippen LogP contribution in [0.3, 0.4) is 0 Å². The van der Waals surface area contributed by atoms with Crippen LogP contribution in [0, 0.1) is 5.92 Å². The number of nitrogens with one attached hydrogen (secondary N) is 1. The molecule has 0 spiro atoms. The van der Waals surface area contributed by atoms with Gasteiger partial charge in [-0.2, -0.15) is 0 Å². The summed E-state index contributed by atoms with van der Waals surface area (Å²) in [5.74, 6) is -0.993. The Morgan fingerprint density at radius 3 is 3.25 bits per heavy atom. The third-order valence-electron chi connectivity index (χ3n) is 2.43. The molecule has 1 aliphatic heterocycles. The van der Waals surface area contributed by atoms with Gasteiger partial charge in [-0.1, -0.05) is 6.08 Å². The summed E-state index contributed by atoms with van der Waals surface area (Å²) >= 11 is 0. The molecule has 64 valence electrons. The van der Waals surface area contributed by atoms with Gasteiger partial charge in [0.05, 0.1) is 5.92 Å². The maximum absolute atomic E-state index is 10.8. The molecule has 1 aliphatic carbocycles. The van der Waals surface area contributed by atoms with E-state index in [0.29, 0.717) is 6.54 Å². The molecular formula is C9H11NO2. The Labute approximate surface area is 70.8 Å². The Hall–Kier alpha value is -1.25. The van der Waals surface area contributed by atoms with Crippen molar-refractivity contribution >= 4 is 5.97 Å². The summed E-state index contributed by atoms with van der Waals surface area (Å²) in [4.78, 5) is 10.8. The number of hydrogen-bond acceptors (Lipinski definition) is 2. The lowest BCUT2D eigenvalue weighted by atomic mass is 9.94. The molecule has 3 heteroatoms. The van der Waals surface area contributed by atoms with Crippen LogP contribution in [0.15, 0.2) is 23.4 Å². The third-order valence-corrected chi connectivity index (χ3v) is 2.43. The van der Waals surface area contributed by atoms with Crippen molar-refractivity contribution in [2.75, 3.05) is 6.54 Å². The number of aliphatic carboxylic acids is 1. The molecule has 1 unspecified atom stereocenters. The van der Waals surface area contributed by atoms with Crippen molar-refractivity contribution < 1.29 is 9.90 Å². The van der Waals surface area contributed by atoms with Crippen LogP contribution in [0.2, 0.25) is 0 Å². The maximum atomic E-state index is 10.8. The molecule has 2 rings (SSSR count). The second-order valence-electron chi connectivity index (χ2n) is 3.15. The predicted octanol–water partition coefficient (Wildman–Crippen LogP) is 0.895. The third kappa shape index (κ3) is 1.02. The van der Waals surface area contributed by atoms with Crippen molar-refractivity contribution in [2.45, 2.75) is 12.8 Å². The summed E-state index contributed by atoms with van der Waals surface area (Å²) < 4.78 is 0. The van der Waals surface area contributed by atoms with Crippen LogP contribution in [0.1, 0.15) is 12.8 Å². The summed E-state index contributed by atoms with van der Waals surface area (Å²) in [5.41, 5.74) is 2.11. The molecule has 0 aromatic heterocycles. The summed E-state index contributed by atoms with van der Waals surface area (Å²) in [7, 11) is 0. The zero-order chi connectivity index (χ0) is 8.55. The van der Waals surface area contributed by atoms with Crippen molar-refractivity contribution in [3.8, 4) is 0 Å². The second-order valence-corrected chi connectivity index (χ2v) is 3.15. The van der Waals surface area contributed by atoms with Crippen molar-refractivity contribution in [3.05, 3.63) is 23.4 Å². The molecular weight excluding hydrogens is 154 g/mol. The summed E-state index contributed by atoms with van der Waals surface area (Å²) in [6.07, 6.45) is 5.94. The smallest absolute Gasteiger partial charge is 0.312 e. The number of allylic oxidation sites excluding steroid dienone is 2. The first-order valence-corrected chi connectivity index (χ1v) is 4.15. The van der Waals surface area contributed by atoms with Crippen LogP contribution in [0.5, 0.6) is 0 Å². The SMILES string of the molecule is O=C(O)C1CNC2=C1CCC=C2. The van der Waals surface area contributed by atoms with Gasteiger partial charge in [-0.3, -0.25) is 4.79 Å². The fourth-order valence-corrected chi connectivity index (χ4v) is 1.79. The number of carbonyl (C=O) groups is 1. The van der Waals surface area contributed by atoms with E-state index >= 15 is 0 Å². The van der Waals surface area contributed by atoms with Gasteiger partial charge in [0.15, 0.2) is 0 Å². The fraction of sp³-hybridized carbons (Fsp3) is 0.444. The van der Waals surface area contributed by atoms with Crippen molar-refractivity contribution in [1.29, 1.82) is 0 Å². The zero-order valence-corrected chi connectivity index (χ0v) is 6.71. The van der Waals surface area contributed by atoms with E-state index in [1.807, 2.05) is 6.08 Å². The van der Waals surface area contributed by atoms with Crippen LogP contribution < -0.4 is 5.32 Å². The topological polar surface area (TPSA) is 49.3 Å². The summed E-state index contributed by atoms with van der Waals surface area (Å²) in [6.45, 7) is 0.560.